The summed E-state index contributed by atoms with van der Waals surface area (Å²) in [6.07, 6.45) is 4.93. The molecule has 3 N–H and O–H groups in total. The highest BCUT2D eigenvalue weighted by Crippen LogP contribution is 2.28. The summed E-state index contributed by atoms with van der Waals surface area (Å²) in [6, 6.07) is 19.1. The SMILES string of the molecule is O=C1CCc2cccnc2N1OCCCCN1CCN(c2cccc3ccccc23)CC1.O=P(O)(O)O. The fraction of sp³-hybridized carbons (Fsp3) is 0.385. The third-order valence-electron chi connectivity index (χ3n) is 6.46. The molecule has 11 heteroatoms. The number of rotatable bonds is 7. The van der Waals surface area contributed by atoms with Crippen LogP contribution in [0.4, 0.5) is 11.5 Å². The Morgan fingerprint density at radius 2 is 1.62 bits per heavy atom. The number of carbonyl (C=O) groups excluding carboxylic acids is 1. The first-order valence-electron chi connectivity index (χ1n) is 12.4. The third kappa shape index (κ3) is 7.82. The first-order chi connectivity index (χ1) is 17.8. The van der Waals surface area contributed by atoms with E-state index in [1.807, 2.05) is 12.1 Å². The highest BCUT2D eigenvalue weighted by molar-refractivity contribution is 7.45. The van der Waals surface area contributed by atoms with Gasteiger partial charge in [0.1, 0.15) is 0 Å². The summed E-state index contributed by atoms with van der Waals surface area (Å²) in [6.45, 7) is 5.86. The first-order valence-corrected chi connectivity index (χ1v) is 14.0. The van der Waals surface area contributed by atoms with Crippen LogP contribution in [0.3, 0.4) is 0 Å². The van der Waals surface area contributed by atoms with Gasteiger partial charge in [0, 0.05) is 49.9 Å². The third-order valence-corrected chi connectivity index (χ3v) is 6.46. The van der Waals surface area contributed by atoms with Gasteiger partial charge in [-0.3, -0.25) is 14.5 Å². The summed E-state index contributed by atoms with van der Waals surface area (Å²) < 4.78 is 8.88. The number of benzene rings is 2. The second-order valence-corrected chi connectivity index (χ2v) is 10.1. The Kier molecular flexibility index (Phi) is 9.26. The molecule has 1 saturated heterocycles. The molecule has 3 aromatic rings. The van der Waals surface area contributed by atoms with Gasteiger partial charge in [-0.2, -0.15) is 5.06 Å². The summed E-state index contributed by atoms with van der Waals surface area (Å²) in [7, 11) is -4.64. The van der Waals surface area contributed by atoms with Crippen molar-refractivity contribution in [2.45, 2.75) is 25.7 Å². The van der Waals surface area contributed by atoms with E-state index in [0.29, 0.717) is 18.8 Å². The van der Waals surface area contributed by atoms with Crippen LogP contribution in [0.1, 0.15) is 24.8 Å². The summed E-state index contributed by atoms with van der Waals surface area (Å²) in [5, 5.41) is 4.04. The van der Waals surface area contributed by atoms with E-state index in [1.165, 1.54) is 21.5 Å². The van der Waals surface area contributed by atoms with Crippen LogP contribution in [-0.2, 0) is 20.6 Å². The molecule has 1 aromatic heterocycles. The average Bonchev–Trinajstić information content (AvgIpc) is 2.89. The molecule has 0 atom stereocenters. The minimum Gasteiger partial charge on any atom is -0.368 e. The number of pyridine rings is 1. The molecule has 0 saturated carbocycles. The molecule has 0 unspecified atom stereocenters. The van der Waals surface area contributed by atoms with Gasteiger partial charge in [-0.05, 0) is 48.9 Å². The van der Waals surface area contributed by atoms with E-state index in [4.69, 9.17) is 24.1 Å². The largest absolute Gasteiger partial charge is 0.466 e. The predicted octanol–water partition coefficient (Wildman–Crippen LogP) is 3.12. The average molecular weight is 529 g/mol. The molecule has 37 heavy (non-hydrogen) atoms. The number of anilines is 2. The normalized spacial score (nSPS) is 16.4. The van der Waals surface area contributed by atoms with Gasteiger partial charge in [-0.15, -0.1) is 0 Å². The van der Waals surface area contributed by atoms with Crippen LogP contribution >= 0.6 is 7.82 Å². The number of amides is 1. The van der Waals surface area contributed by atoms with Crippen LogP contribution in [0.15, 0.2) is 60.8 Å². The number of carbonyl (C=O) groups is 1. The molecule has 10 nitrogen and oxygen atoms in total. The van der Waals surface area contributed by atoms with Gasteiger partial charge in [0.05, 0.1) is 6.61 Å². The van der Waals surface area contributed by atoms with Gasteiger partial charge < -0.3 is 19.6 Å². The predicted molar refractivity (Wildman–Crippen MR) is 142 cm³/mol. The zero-order valence-electron chi connectivity index (χ0n) is 20.6. The number of aryl methyl sites for hydroxylation is 1. The number of unbranched alkanes of at least 4 members (excludes halogenated alkanes) is 1. The molecule has 5 rings (SSSR count). The molecule has 1 fully saturated rings. The Morgan fingerprint density at radius 3 is 2.41 bits per heavy atom. The van der Waals surface area contributed by atoms with Crippen LogP contribution in [0.2, 0.25) is 0 Å². The summed E-state index contributed by atoms with van der Waals surface area (Å²) >= 11 is 0. The first kappa shape index (κ1) is 27.2. The van der Waals surface area contributed by atoms with Crippen molar-refractivity contribution in [1.29, 1.82) is 0 Å². The standard InChI is InChI=1S/C26H30N4O2.H3O4P/c31-25-13-12-22-9-6-14-27-26(22)30(25)32-20-4-3-15-28-16-18-29(19-17-28)24-11-5-8-21-7-1-2-10-23(21)24;1-5(2,3)4/h1-2,5-11,14H,3-4,12-13,15-20H2;(H3,1,2,3,4). The van der Waals surface area contributed by atoms with Gasteiger partial charge in [0.15, 0.2) is 5.82 Å². The number of piperazine rings is 1. The van der Waals surface area contributed by atoms with Crippen molar-refractivity contribution < 1.29 is 28.9 Å². The lowest BCUT2D eigenvalue weighted by Crippen LogP contribution is -2.46. The topological polar surface area (TPSA) is 127 Å². The van der Waals surface area contributed by atoms with Gasteiger partial charge in [0.2, 0.25) is 0 Å². The van der Waals surface area contributed by atoms with Crippen molar-refractivity contribution in [2.24, 2.45) is 0 Å². The number of hydrogen-bond acceptors (Lipinski definition) is 6. The second kappa shape index (κ2) is 12.6. The number of hydroxylamine groups is 1. The Balaban J connectivity index is 0.000000586. The van der Waals surface area contributed by atoms with Crippen LogP contribution in [0, 0.1) is 0 Å². The van der Waals surface area contributed by atoms with Gasteiger partial charge >= 0.3 is 7.82 Å². The van der Waals surface area contributed by atoms with E-state index in [0.717, 1.165) is 57.5 Å². The minimum atomic E-state index is -4.64. The fourth-order valence-electron chi connectivity index (χ4n) is 4.69. The van der Waals surface area contributed by atoms with Crippen molar-refractivity contribution in [3.05, 3.63) is 66.4 Å². The van der Waals surface area contributed by atoms with Gasteiger partial charge in [0.25, 0.3) is 5.91 Å². The summed E-state index contributed by atoms with van der Waals surface area (Å²) in [5.41, 5.74) is 2.42. The van der Waals surface area contributed by atoms with Crippen LogP contribution in [0.5, 0.6) is 0 Å². The zero-order chi connectivity index (χ0) is 26.3. The van der Waals surface area contributed by atoms with E-state index in [1.54, 1.807) is 6.20 Å². The molecule has 2 aliphatic heterocycles. The number of aromatic nitrogens is 1. The lowest BCUT2D eigenvalue weighted by Gasteiger charge is -2.36. The molecule has 1 amide bonds. The smallest absolute Gasteiger partial charge is 0.368 e. The highest BCUT2D eigenvalue weighted by atomic mass is 31.2. The Hall–Kier alpha value is -2.85. The fourth-order valence-corrected chi connectivity index (χ4v) is 4.69. The number of hydrogen-bond donors (Lipinski definition) is 3. The second-order valence-electron chi connectivity index (χ2n) is 9.05. The molecule has 0 bridgehead atoms. The van der Waals surface area contributed by atoms with Crippen molar-refractivity contribution >= 4 is 36.0 Å². The van der Waals surface area contributed by atoms with Crippen molar-refractivity contribution in [3.8, 4) is 0 Å². The van der Waals surface area contributed by atoms with Crippen molar-refractivity contribution in [1.82, 2.24) is 9.88 Å². The Labute approximate surface area is 216 Å². The van der Waals surface area contributed by atoms with E-state index in [2.05, 4.69) is 57.2 Å². The molecule has 0 radical (unpaired) electrons. The molecular weight excluding hydrogens is 495 g/mol. The van der Waals surface area contributed by atoms with Crippen LogP contribution in [0.25, 0.3) is 10.8 Å². The number of fused-ring (bicyclic) bond motifs is 2. The summed E-state index contributed by atoms with van der Waals surface area (Å²) in [5.74, 6) is 0.661. The molecule has 0 spiro atoms. The minimum absolute atomic E-state index is 0.000702. The summed E-state index contributed by atoms with van der Waals surface area (Å²) in [4.78, 5) is 49.0. The van der Waals surface area contributed by atoms with Gasteiger partial charge in [-0.1, -0.05) is 42.5 Å². The molecule has 0 aliphatic carbocycles. The maximum Gasteiger partial charge on any atom is 0.466 e. The molecule has 3 heterocycles. The van der Waals surface area contributed by atoms with E-state index in [9.17, 15) is 4.79 Å². The van der Waals surface area contributed by atoms with Crippen molar-refractivity contribution in [3.63, 3.8) is 0 Å². The quantitative estimate of drug-likeness (QED) is 0.313. The van der Waals surface area contributed by atoms with E-state index >= 15 is 0 Å². The monoisotopic (exact) mass is 528 g/mol. The van der Waals surface area contributed by atoms with Crippen LogP contribution in [-0.4, -0.2) is 69.8 Å². The zero-order valence-corrected chi connectivity index (χ0v) is 21.5. The number of phosphoric acid groups is 1. The molecule has 198 valence electrons. The lowest BCUT2D eigenvalue weighted by molar-refractivity contribution is -0.126. The van der Waals surface area contributed by atoms with Crippen LogP contribution < -0.4 is 9.96 Å². The van der Waals surface area contributed by atoms with E-state index in [-0.39, 0.29) is 5.91 Å². The Morgan fingerprint density at radius 1 is 0.892 bits per heavy atom. The maximum absolute atomic E-state index is 12.2. The van der Waals surface area contributed by atoms with Crippen molar-refractivity contribution in [2.75, 3.05) is 49.3 Å². The highest BCUT2D eigenvalue weighted by Gasteiger charge is 2.26. The Bertz CT molecular complexity index is 1230. The lowest BCUT2D eigenvalue weighted by atomic mass is 10.1. The molecular formula is C26H33N4O6P. The molecule has 2 aromatic carbocycles. The maximum atomic E-state index is 12.2. The number of nitrogens with zero attached hydrogens (tertiary/aromatic N) is 4. The van der Waals surface area contributed by atoms with E-state index < -0.39 is 7.82 Å². The van der Waals surface area contributed by atoms with Gasteiger partial charge in [-0.25, -0.2) is 9.55 Å². The molecule has 2 aliphatic rings.